The van der Waals surface area contributed by atoms with E-state index in [1.54, 1.807) is 6.07 Å². The fraction of sp³-hybridized carbons (Fsp3) is 0.462. The number of hydrogen-bond acceptors (Lipinski definition) is 3. The van der Waals surface area contributed by atoms with Crippen molar-refractivity contribution in [3.63, 3.8) is 0 Å². The number of halogens is 2. The average Bonchev–Trinajstić information content (AvgIpc) is 3.05. The Balaban J connectivity index is 1.91. The van der Waals surface area contributed by atoms with E-state index in [1.807, 2.05) is 6.92 Å². The molecule has 0 spiro atoms. The lowest BCUT2D eigenvalue weighted by Crippen LogP contribution is -2.29. The Morgan fingerprint density at radius 3 is 2.53 bits per heavy atom. The first-order chi connectivity index (χ1) is 8.84. The Morgan fingerprint density at radius 2 is 1.95 bits per heavy atom. The van der Waals surface area contributed by atoms with Crippen molar-refractivity contribution in [1.29, 1.82) is 0 Å². The minimum absolute atomic E-state index is 0.00451. The number of carbonyl (C=O) groups is 1. The Hall–Kier alpha value is -1.85. The zero-order valence-corrected chi connectivity index (χ0v) is 10.3. The lowest BCUT2D eigenvalue weighted by molar-refractivity contribution is -0.286. The molecule has 1 fully saturated rings. The summed E-state index contributed by atoms with van der Waals surface area (Å²) in [5.74, 6) is -0.476. The number of carbonyl (C=O) groups excluding carboxylic acids is 1. The van der Waals surface area contributed by atoms with Crippen LogP contribution in [0, 0.1) is 5.41 Å². The zero-order chi connectivity index (χ0) is 13.8. The molecule has 19 heavy (non-hydrogen) atoms. The van der Waals surface area contributed by atoms with Crippen LogP contribution in [0.5, 0.6) is 11.5 Å². The van der Waals surface area contributed by atoms with E-state index >= 15 is 0 Å². The van der Waals surface area contributed by atoms with Crippen molar-refractivity contribution in [3.8, 4) is 11.5 Å². The van der Waals surface area contributed by atoms with Gasteiger partial charge in [-0.2, -0.15) is 0 Å². The number of fused-ring (bicyclic) bond motifs is 1. The van der Waals surface area contributed by atoms with Crippen LogP contribution in [0.1, 0.15) is 31.2 Å². The van der Waals surface area contributed by atoms with Gasteiger partial charge in [0.05, 0.1) is 5.41 Å². The highest BCUT2D eigenvalue weighted by molar-refractivity contribution is 5.84. The van der Waals surface area contributed by atoms with E-state index in [2.05, 4.69) is 9.47 Å². The molecule has 0 bridgehead atoms. The molecule has 4 nitrogen and oxygen atoms in total. The third-order valence-corrected chi connectivity index (χ3v) is 4.03. The number of amides is 1. The molecule has 0 unspecified atom stereocenters. The van der Waals surface area contributed by atoms with E-state index in [4.69, 9.17) is 5.73 Å². The molecule has 1 aliphatic heterocycles. The molecule has 1 aromatic carbocycles. The van der Waals surface area contributed by atoms with Crippen molar-refractivity contribution < 1.29 is 23.0 Å². The van der Waals surface area contributed by atoms with Crippen LogP contribution in [0.3, 0.4) is 0 Å². The number of ether oxygens (including phenoxy) is 2. The molecule has 0 saturated heterocycles. The average molecular weight is 269 g/mol. The van der Waals surface area contributed by atoms with E-state index in [-0.39, 0.29) is 23.3 Å². The molecule has 6 heteroatoms. The molecule has 3 rings (SSSR count). The van der Waals surface area contributed by atoms with Crippen molar-refractivity contribution in [2.75, 3.05) is 0 Å². The van der Waals surface area contributed by atoms with E-state index < -0.39 is 11.7 Å². The van der Waals surface area contributed by atoms with Gasteiger partial charge in [-0.15, -0.1) is 8.78 Å². The van der Waals surface area contributed by atoms with Crippen LogP contribution >= 0.6 is 0 Å². The van der Waals surface area contributed by atoms with Gasteiger partial charge in [0.15, 0.2) is 11.5 Å². The van der Waals surface area contributed by atoms with Crippen LogP contribution in [0.15, 0.2) is 18.2 Å². The van der Waals surface area contributed by atoms with Gasteiger partial charge in [-0.25, -0.2) is 0 Å². The van der Waals surface area contributed by atoms with Crippen molar-refractivity contribution in [3.05, 3.63) is 23.8 Å². The number of rotatable bonds is 3. The molecular weight excluding hydrogens is 256 g/mol. The van der Waals surface area contributed by atoms with E-state index in [1.165, 1.54) is 12.1 Å². The summed E-state index contributed by atoms with van der Waals surface area (Å²) in [7, 11) is 0. The van der Waals surface area contributed by atoms with Crippen LogP contribution in [-0.2, 0) is 4.79 Å². The lowest BCUT2D eigenvalue weighted by Gasteiger charge is -2.20. The highest BCUT2D eigenvalue weighted by atomic mass is 19.3. The first-order valence-corrected chi connectivity index (χ1v) is 6.04. The highest BCUT2D eigenvalue weighted by Crippen LogP contribution is 2.56. The molecule has 0 aromatic heterocycles. The number of benzene rings is 1. The normalized spacial score (nSPS) is 22.9. The van der Waals surface area contributed by atoms with Crippen molar-refractivity contribution in [1.82, 2.24) is 0 Å². The molecule has 2 aliphatic rings. The second-order valence-electron chi connectivity index (χ2n) is 5.12. The largest absolute Gasteiger partial charge is 0.586 e. The number of primary amides is 1. The van der Waals surface area contributed by atoms with Gasteiger partial charge >= 0.3 is 6.29 Å². The first kappa shape index (κ1) is 12.2. The SMILES string of the molecule is C[C@H](c1ccc2c(c1)OC(F)(F)O2)C1(C(N)=O)CC1. The minimum Gasteiger partial charge on any atom is -0.395 e. The molecule has 1 heterocycles. The smallest absolute Gasteiger partial charge is 0.395 e. The van der Waals surface area contributed by atoms with Gasteiger partial charge in [0.2, 0.25) is 5.91 Å². The van der Waals surface area contributed by atoms with E-state index in [0.29, 0.717) is 0 Å². The fourth-order valence-corrected chi connectivity index (χ4v) is 2.58. The second-order valence-corrected chi connectivity index (χ2v) is 5.12. The zero-order valence-electron chi connectivity index (χ0n) is 10.3. The maximum Gasteiger partial charge on any atom is 0.586 e. The summed E-state index contributed by atoms with van der Waals surface area (Å²) in [5.41, 5.74) is 5.61. The topological polar surface area (TPSA) is 61.6 Å². The molecular formula is C13H13F2NO3. The highest BCUT2D eigenvalue weighted by Gasteiger charge is 2.53. The summed E-state index contributed by atoms with van der Waals surface area (Å²) in [6.45, 7) is 1.87. The van der Waals surface area contributed by atoms with Crippen LogP contribution < -0.4 is 15.2 Å². The van der Waals surface area contributed by atoms with Crippen LogP contribution in [0.25, 0.3) is 0 Å². The molecule has 1 atom stereocenters. The van der Waals surface area contributed by atoms with Crippen molar-refractivity contribution in [2.45, 2.75) is 32.0 Å². The van der Waals surface area contributed by atoms with Gasteiger partial charge < -0.3 is 15.2 Å². The third kappa shape index (κ3) is 1.82. The number of alkyl halides is 2. The predicted molar refractivity (Wildman–Crippen MR) is 61.9 cm³/mol. The summed E-state index contributed by atoms with van der Waals surface area (Å²) in [6, 6.07) is 4.58. The van der Waals surface area contributed by atoms with E-state index in [9.17, 15) is 13.6 Å². The summed E-state index contributed by atoms with van der Waals surface area (Å²) in [6.07, 6.45) is -2.16. The van der Waals surface area contributed by atoms with Gasteiger partial charge in [-0.05, 0) is 36.5 Å². The van der Waals surface area contributed by atoms with Gasteiger partial charge in [0.1, 0.15) is 0 Å². The summed E-state index contributed by atoms with van der Waals surface area (Å²) in [4.78, 5) is 11.5. The number of nitrogens with two attached hydrogens (primary N) is 1. The Labute approximate surface area is 108 Å². The summed E-state index contributed by atoms with van der Waals surface area (Å²) >= 11 is 0. The lowest BCUT2D eigenvalue weighted by atomic mass is 9.84. The summed E-state index contributed by atoms with van der Waals surface area (Å²) in [5, 5.41) is 0. The molecule has 102 valence electrons. The standard InChI is InChI=1S/C13H13F2NO3/c1-7(12(4-5-12)11(16)17)8-2-3-9-10(6-8)19-13(14,15)18-9/h2-3,6-7H,4-5H2,1H3,(H2,16,17)/t7-/m1/s1. The molecule has 0 radical (unpaired) electrons. The quantitative estimate of drug-likeness (QED) is 0.916. The van der Waals surface area contributed by atoms with Crippen LogP contribution in [0.2, 0.25) is 0 Å². The Kier molecular flexibility index (Phi) is 2.30. The maximum atomic E-state index is 12.9. The monoisotopic (exact) mass is 269 g/mol. The van der Waals surface area contributed by atoms with Crippen LogP contribution in [-0.4, -0.2) is 12.2 Å². The Bertz CT molecular complexity index is 555. The number of hydrogen-bond donors (Lipinski definition) is 1. The van der Waals surface area contributed by atoms with Crippen molar-refractivity contribution in [2.24, 2.45) is 11.1 Å². The third-order valence-electron chi connectivity index (χ3n) is 4.03. The Morgan fingerprint density at radius 1 is 1.32 bits per heavy atom. The van der Waals surface area contributed by atoms with Gasteiger partial charge in [-0.3, -0.25) is 4.79 Å². The molecule has 2 N–H and O–H groups in total. The fourth-order valence-electron chi connectivity index (χ4n) is 2.58. The molecule has 1 aliphatic carbocycles. The van der Waals surface area contributed by atoms with E-state index in [0.717, 1.165) is 18.4 Å². The molecule has 1 aromatic rings. The van der Waals surface area contributed by atoms with Gasteiger partial charge in [-0.1, -0.05) is 13.0 Å². The van der Waals surface area contributed by atoms with Gasteiger partial charge in [0.25, 0.3) is 0 Å². The summed E-state index contributed by atoms with van der Waals surface area (Å²) < 4.78 is 34.6. The molecule has 1 saturated carbocycles. The minimum atomic E-state index is -3.62. The van der Waals surface area contributed by atoms with Crippen LogP contribution in [0.4, 0.5) is 8.78 Å². The first-order valence-electron chi connectivity index (χ1n) is 6.04. The predicted octanol–water partition coefficient (Wildman–Crippen LogP) is 2.38. The molecule has 1 amide bonds. The maximum absolute atomic E-state index is 12.9. The van der Waals surface area contributed by atoms with Crippen molar-refractivity contribution >= 4 is 5.91 Å². The second kappa shape index (κ2) is 3.59. The van der Waals surface area contributed by atoms with Gasteiger partial charge in [0, 0.05) is 0 Å².